The van der Waals surface area contributed by atoms with E-state index in [1.807, 2.05) is 24.3 Å². The third kappa shape index (κ3) is 3.82. The van der Waals surface area contributed by atoms with E-state index in [9.17, 15) is 9.65 Å². The predicted octanol–water partition coefficient (Wildman–Crippen LogP) is 4.80. The van der Waals surface area contributed by atoms with E-state index < -0.39 is 6.04 Å². The highest BCUT2D eigenvalue weighted by atomic mass is 19.1. The summed E-state index contributed by atoms with van der Waals surface area (Å²) >= 11 is 0. The number of benzene rings is 2. The van der Waals surface area contributed by atoms with Crippen LogP contribution in [0.15, 0.2) is 48.5 Å². The maximum absolute atomic E-state index is 13.2. The van der Waals surface area contributed by atoms with Gasteiger partial charge in [0.15, 0.2) is 0 Å². The molecule has 1 unspecified atom stereocenters. The van der Waals surface area contributed by atoms with Crippen molar-refractivity contribution in [3.63, 3.8) is 0 Å². The Morgan fingerprint density at radius 3 is 2.29 bits per heavy atom. The molecule has 0 bridgehead atoms. The molecule has 0 saturated heterocycles. The normalized spacial score (nSPS) is 12.5. The van der Waals surface area contributed by atoms with Crippen molar-refractivity contribution in [2.45, 2.75) is 32.2 Å². The van der Waals surface area contributed by atoms with Crippen molar-refractivity contribution in [3.05, 3.63) is 65.5 Å². The van der Waals surface area contributed by atoms with Gasteiger partial charge in [-0.2, -0.15) is 5.26 Å². The van der Waals surface area contributed by atoms with Gasteiger partial charge in [-0.1, -0.05) is 51.1 Å². The number of anilines is 1. The Morgan fingerprint density at radius 2 is 1.76 bits per heavy atom. The Morgan fingerprint density at radius 1 is 1.10 bits per heavy atom. The van der Waals surface area contributed by atoms with Crippen LogP contribution in [-0.2, 0) is 5.41 Å². The molecule has 0 amide bonds. The quantitative estimate of drug-likeness (QED) is 0.877. The number of nitrogens with zero attached hydrogens (tertiary/aromatic N) is 1. The molecule has 0 aliphatic carbocycles. The lowest BCUT2D eigenvalue weighted by Gasteiger charge is -2.20. The van der Waals surface area contributed by atoms with Gasteiger partial charge >= 0.3 is 0 Å². The molecular formula is C18H19FN2. The summed E-state index contributed by atoms with van der Waals surface area (Å²) in [5.41, 5.74) is 2.77. The molecule has 0 fully saturated rings. The Hall–Kier alpha value is -2.34. The fourth-order valence-electron chi connectivity index (χ4n) is 2.11. The number of halogens is 1. The molecule has 0 aliphatic rings. The summed E-state index contributed by atoms with van der Waals surface area (Å²) < 4.78 is 13.2. The smallest absolute Gasteiger partial charge is 0.140 e. The number of rotatable bonds is 3. The molecule has 0 aromatic heterocycles. The van der Waals surface area contributed by atoms with Gasteiger partial charge in [-0.15, -0.1) is 0 Å². The number of nitriles is 1. The van der Waals surface area contributed by atoms with E-state index in [0.29, 0.717) is 5.69 Å². The van der Waals surface area contributed by atoms with E-state index in [2.05, 4.69) is 32.2 Å². The van der Waals surface area contributed by atoms with Crippen LogP contribution in [0, 0.1) is 17.1 Å². The van der Waals surface area contributed by atoms with Gasteiger partial charge in [-0.05, 0) is 34.7 Å². The Balaban J connectivity index is 2.20. The van der Waals surface area contributed by atoms with E-state index in [-0.39, 0.29) is 11.2 Å². The van der Waals surface area contributed by atoms with Crippen LogP contribution < -0.4 is 5.32 Å². The number of hydrogen-bond donors (Lipinski definition) is 1. The highest BCUT2D eigenvalue weighted by Gasteiger charge is 2.15. The monoisotopic (exact) mass is 282 g/mol. The SMILES string of the molecule is CC(C)(C)c1ccc(C(C#N)Nc2cccc(F)c2)cc1. The van der Waals surface area contributed by atoms with Crippen molar-refractivity contribution in [1.82, 2.24) is 0 Å². The van der Waals surface area contributed by atoms with Gasteiger partial charge in [-0.3, -0.25) is 0 Å². The van der Waals surface area contributed by atoms with Crippen LogP contribution in [0.2, 0.25) is 0 Å². The fourth-order valence-corrected chi connectivity index (χ4v) is 2.11. The number of nitrogens with one attached hydrogen (secondary N) is 1. The zero-order valence-corrected chi connectivity index (χ0v) is 12.5. The first-order valence-electron chi connectivity index (χ1n) is 6.92. The van der Waals surface area contributed by atoms with Crippen molar-refractivity contribution >= 4 is 5.69 Å². The summed E-state index contributed by atoms with van der Waals surface area (Å²) in [6.07, 6.45) is 0. The predicted molar refractivity (Wildman–Crippen MR) is 83.5 cm³/mol. The molecule has 0 spiro atoms. The van der Waals surface area contributed by atoms with E-state index in [1.54, 1.807) is 12.1 Å². The van der Waals surface area contributed by atoms with Crippen LogP contribution in [0.5, 0.6) is 0 Å². The summed E-state index contributed by atoms with van der Waals surface area (Å²) in [5.74, 6) is -0.320. The summed E-state index contributed by atoms with van der Waals surface area (Å²) in [6, 6.07) is 15.8. The van der Waals surface area contributed by atoms with Crippen LogP contribution in [0.4, 0.5) is 10.1 Å². The molecule has 0 radical (unpaired) electrons. The fraction of sp³-hybridized carbons (Fsp3) is 0.278. The molecular weight excluding hydrogens is 263 g/mol. The molecule has 2 aromatic rings. The van der Waals surface area contributed by atoms with Crippen molar-refractivity contribution in [2.75, 3.05) is 5.32 Å². The van der Waals surface area contributed by atoms with Crippen molar-refractivity contribution in [1.29, 1.82) is 5.26 Å². The lowest BCUT2D eigenvalue weighted by Crippen LogP contribution is -2.12. The van der Waals surface area contributed by atoms with Crippen LogP contribution >= 0.6 is 0 Å². The molecule has 21 heavy (non-hydrogen) atoms. The van der Waals surface area contributed by atoms with Gasteiger partial charge in [-0.25, -0.2) is 4.39 Å². The van der Waals surface area contributed by atoms with Crippen molar-refractivity contribution in [3.8, 4) is 6.07 Å². The van der Waals surface area contributed by atoms with Crippen LogP contribution in [0.1, 0.15) is 37.9 Å². The molecule has 1 N–H and O–H groups in total. The van der Waals surface area contributed by atoms with Gasteiger partial charge in [0.25, 0.3) is 0 Å². The largest absolute Gasteiger partial charge is 0.366 e. The van der Waals surface area contributed by atoms with Gasteiger partial charge in [0.05, 0.1) is 6.07 Å². The van der Waals surface area contributed by atoms with Gasteiger partial charge in [0, 0.05) is 5.69 Å². The van der Waals surface area contributed by atoms with E-state index >= 15 is 0 Å². The number of hydrogen-bond acceptors (Lipinski definition) is 2. The first-order valence-corrected chi connectivity index (χ1v) is 6.92. The standard InChI is InChI=1S/C18H19FN2/c1-18(2,3)14-9-7-13(8-10-14)17(12-20)21-16-6-4-5-15(19)11-16/h4-11,17,21H,1-3H3. The minimum Gasteiger partial charge on any atom is -0.366 e. The van der Waals surface area contributed by atoms with Crippen LogP contribution in [-0.4, -0.2) is 0 Å². The first kappa shape index (κ1) is 15.1. The average Bonchev–Trinajstić information content (AvgIpc) is 2.44. The maximum Gasteiger partial charge on any atom is 0.140 e. The van der Waals surface area contributed by atoms with E-state index in [0.717, 1.165) is 5.56 Å². The second kappa shape index (κ2) is 5.97. The van der Waals surface area contributed by atoms with Crippen LogP contribution in [0.3, 0.4) is 0 Å². The maximum atomic E-state index is 13.2. The Labute approximate surface area is 125 Å². The summed E-state index contributed by atoms with van der Waals surface area (Å²) in [4.78, 5) is 0. The van der Waals surface area contributed by atoms with Crippen LogP contribution in [0.25, 0.3) is 0 Å². The summed E-state index contributed by atoms with van der Waals surface area (Å²) in [5, 5.41) is 12.4. The second-order valence-corrected chi connectivity index (χ2v) is 6.09. The third-order valence-electron chi connectivity index (χ3n) is 3.37. The molecule has 0 saturated carbocycles. The van der Waals surface area contributed by atoms with Crippen molar-refractivity contribution in [2.24, 2.45) is 0 Å². The first-order chi connectivity index (χ1) is 9.90. The third-order valence-corrected chi connectivity index (χ3v) is 3.37. The van der Waals surface area contributed by atoms with Gasteiger partial charge in [0.1, 0.15) is 11.9 Å². The second-order valence-electron chi connectivity index (χ2n) is 6.09. The molecule has 3 heteroatoms. The molecule has 1 atom stereocenters. The summed E-state index contributed by atoms with van der Waals surface area (Å²) in [7, 11) is 0. The van der Waals surface area contributed by atoms with Gasteiger partial charge in [0.2, 0.25) is 0 Å². The Bertz CT molecular complexity index is 648. The minimum atomic E-state index is -0.499. The highest BCUT2D eigenvalue weighted by molar-refractivity contribution is 5.48. The van der Waals surface area contributed by atoms with Gasteiger partial charge < -0.3 is 5.32 Å². The van der Waals surface area contributed by atoms with E-state index in [4.69, 9.17) is 0 Å². The lowest BCUT2D eigenvalue weighted by molar-refractivity contribution is 0.590. The molecule has 108 valence electrons. The zero-order chi connectivity index (χ0) is 15.5. The highest BCUT2D eigenvalue weighted by Crippen LogP contribution is 2.25. The zero-order valence-electron chi connectivity index (χ0n) is 12.5. The van der Waals surface area contributed by atoms with E-state index in [1.165, 1.54) is 17.7 Å². The molecule has 2 aromatic carbocycles. The van der Waals surface area contributed by atoms with Crippen molar-refractivity contribution < 1.29 is 4.39 Å². The molecule has 2 nitrogen and oxygen atoms in total. The average molecular weight is 282 g/mol. The minimum absolute atomic E-state index is 0.0800. The summed E-state index contributed by atoms with van der Waals surface area (Å²) in [6.45, 7) is 6.44. The lowest BCUT2D eigenvalue weighted by atomic mass is 9.86. The molecule has 0 heterocycles. The molecule has 0 aliphatic heterocycles. The Kier molecular flexibility index (Phi) is 4.28. The topological polar surface area (TPSA) is 35.8 Å². The molecule has 2 rings (SSSR count).